The van der Waals surface area contributed by atoms with E-state index in [2.05, 4.69) is 26.7 Å². The molecule has 0 aliphatic heterocycles. The molecule has 1 aromatic heterocycles. The largest absolute Gasteiger partial charge is 0.346 e. The van der Waals surface area contributed by atoms with Gasteiger partial charge in [0.1, 0.15) is 10.7 Å². The molecule has 0 radical (unpaired) electrons. The zero-order valence-electron chi connectivity index (χ0n) is 12.6. The van der Waals surface area contributed by atoms with Crippen molar-refractivity contribution in [1.29, 1.82) is 0 Å². The smallest absolute Gasteiger partial charge is 0.250 e. The van der Waals surface area contributed by atoms with Crippen LogP contribution in [-0.4, -0.2) is 19.9 Å². The third-order valence-corrected chi connectivity index (χ3v) is 3.10. The third kappa shape index (κ3) is 5.11. The highest BCUT2D eigenvalue weighted by Crippen LogP contribution is 2.17. The van der Waals surface area contributed by atoms with Crippen molar-refractivity contribution in [3.63, 3.8) is 0 Å². The Labute approximate surface area is 138 Å². The van der Waals surface area contributed by atoms with Gasteiger partial charge < -0.3 is 10.6 Å². The molecular weight excluding hydrogens is 314 g/mol. The van der Waals surface area contributed by atoms with Crippen LogP contribution in [0.4, 0.5) is 11.6 Å². The normalized spacial score (nSPS) is 10.5. The SMILES string of the molecule is Cc1cc(C)cc(Nc2nccc(C(=S)N/C=C/[N+](=O)[O-])n2)c1. The molecule has 118 valence electrons. The second kappa shape index (κ2) is 7.41. The van der Waals surface area contributed by atoms with E-state index in [0.29, 0.717) is 11.6 Å². The Morgan fingerprint density at radius 2 is 2.00 bits per heavy atom. The second-order valence-electron chi connectivity index (χ2n) is 4.84. The summed E-state index contributed by atoms with van der Waals surface area (Å²) in [6.45, 7) is 4.02. The first kappa shape index (κ1) is 16.5. The van der Waals surface area contributed by atoms with E-state index in [4.69, 9.17) is 12.2 Å². The predicted octanol–water partition coefficient (Wildman–Crippen LogP) is 2.85. The number of aryl methyl sites for hydroxylation is 2. The Kier molecular flexibility index (Phi) is 5.32. The van der Waals surface area contributed by atoms with Crippen LogP contribution in [0.1, 0.15) is 16.8 Å². The lowest BCUT2D eigenvalue weighted by Crippen LogP contribution is -2.18. The average Bonchev–Trinajstić information content (AvgIpc) is 2.46. The maximum absolute atomic E-state index is 10.2. The van der Waals surface area contributed by atoms with Crippen LogP contribution in [0.25, 0.3) is 0 Å². The van der Waals surface area contributed by atoms with E-state index in [0.717, 1.165) is 29.2 Å². The molecule has 1 heterocycles. The van der Waals surface area contributed by atoms with Gasteiger partial charge >= 0.3 is 0 Å². The molecule has 2 N–H and O–H groups in total. The number of nitrogens with one attached hydrogen (secondary N) is 2. The maximum Gasteiger partial charge on any atom is 0.250 e. The summed E-state index contributed by atoms with van der Waals surface area (Å²) >= 11 is 5.14. The molecule has 7 nitrogen and oxygen atoms in total. The minimum atomic E-state index is -0.581. The van der Waals surface area contributed by atoms with E-state index in [9.17, 15) is 10.1 Å². The van der Waals surface area contributed by atoms with Crippen LogP contribution in [0.2, 0.25) is 0 Å². The van der Waals surface area contributed by atoms with Crippen molar-refractivity contribution in [3.8, 4) is 0 Å². The molecule has 0 saturated heterocycles. The molecule has 0 amide bonds. The van der Waals surface area contributed by atoms with Gasteiger partial charge in [-0.2, -0.15) is 0 Å². The molecule has 2 rings (SSSR count). The van der Waals surface area contributed by atoms with Crippen molar-refractivity contribution < 1.29 is 4.92 Å². The molecule has 0 aliphatic rings. The summed E-state index contributed by atoms with van der Waals surface area (Å²) in [6, 6.07) is 7.67. The van der Waals surface area contributed by atoms with E-state index in [-0.39, 0.29) is 4.99 Å². The van der Waals surface area contributed by atoms with Crippen LogP contribution < -0.4 is 10.6 Å². The van der Waals surface area contributed by atoms with Crippen LogP contribution >= 0.6 is 12.2 Å². The number of hydrogen-bond donors (Lipinski definition) is 2. The van der Waals surface area contributed by atoms with Crippen LogP contribution in [0, 0.1) is 24.0 Å². The zero-order valence-corrected chi connectivity index (χ0v) is 13.4. The Bertz CT molecular complexity index is 756. The van der Waals surface area contributed by atoms with Gasteiger partial charge in [-0.3, -0.25) is 10.1 Å². The van der Waals surface area contributed by atoms with Crippen molar-refractivity contribution in [2.75, 3.05) is 5.32 Å². The molecule has 0 saturated carbocycles. The maximum atomic E-state index is 10.2. The molecule has 0 unspecified atom stereocenters. The molecule has 0 fully saturated rings. The van der Waals surface area contributed by atoms with E-state index >= 15 is 0 Å². The van der Waals surface area contributed by atoms with Crippen molar-refractivity contribution >= 4 is 28.8 Å². The number of benzene rings is 1. The molecule has 0 spiro atoms. The van der Waals surface area contributed by atoms with Crippen LogP contribution in [0.15, 0.2) is 42.9 Å². The summed E-state index contributed by atoms with van der Waals surface area (Å²) in [5.41, 5.74) is 3.61. The molecule has 0 bridgehead atoms. The van der Waals surface area contributed by atoms with Crippen LogP contribution in [0.3, 0.4) is 0 Å². The van der Waals surface area contributed by atoms with Gasteiger partial charge in [0.25, 0.3) is 0 Å². The average molecular weight is 329 g/mol. The summed E-state index contributed by atoms with van der Waals surface area (Å²) in [6.07, 6.45) is 3.49. The molecule has 0 atom stereocenters. The molecule has 1 aromatic carbocycles. The van der Waals surface area contributed by atoms with Crippen LogP contribution in [-0.2, 0) is 0 Å². The number of anilines is 2. The Hall–Kier alpha value is -2.87. The fourth-order valence-corrected chi connectivity index (χ4v) is 2.15. The van der Waals surface area contributed by atoms with Crippen molar-refractivity contribution in [3.05, 3.63) is 69.8 Å². The Balaban J connectivity index is 2.13. The summed E-state index contributed by atoms with van der Waals surface area (Å²) in [4.78, 5) is 18.4. The number of rotatable bonds is 5. The van der Waals surface area contributed by atoms with Crippen molar-refractivity contribution in [2.45, 2.75) is 13.8 Å². The van der Waals surface area contributed by atoms with Gasteiger partial charge in [-0.1, -0.05) is 18.3 Å². The Morgan fingerprint density at radius 1 is 1.30 bits per heavy atom. The monoisotopic (exact) mass is 329 g/mol. The molecule has 23 heavy (non-hydrogen) atoms. The van der Waals surface area contributed by atoms with Gasteiger partial charge in [0, 0.05) is 11.9 Å². The third-order valence-electron chi connectivity index (χ3n) is 2.78. The number of nitrogens with zero attached hydrogens (tertiary/aromatic N) is 3. The first-order valence-electron chi connectivity index (χ1n) is 6.73. The van der Waals surface area contributed by atoms with Crippen LogP contribution in [0.5, 0.6) is 0 Å². The molecule has 8 heteroatoms. The van der Waals surface area contributed by atoms with Crippen molar-refractivity contribution in [1.82, 2.24) is 15.3 Å². The number of hydrogen-bond acceptors (Lipinski definition) is 6. The lowest BCUT2D eigenvalue weighted by atomic mass is 10.1. The number of nitro groups is 1. The summed E-state index contributed by atoms with van der Waals surface area (Å²) in [5.74, 6) is 0.398. The fraction of sp³-hybridized carbons (Fsp3) is 0.133. The van der Waals surface area contributed by atoms with Gasteiger partial charge in [-0.05, 0) is 43.2 Å². The van der Waals surface area contributed by atoms with Gasteiger partial charge in [0.05, 0.1) is 11.1 Å². The molecule has 2 aromatic rings. The van der Waals surface area contributed by atoms with Gasteiger partial charge in [0.2, 0.25) is 12.1 Å². The highest BCUT2D eigenvalue weighted by atomic mass is 32.1. The standard InChI is InChI=1S/C15H15N5O2S/c1-10-7-11(2)9-12(8-10)18-15-17-4-3-13(19-15)14(23)16-5-6-20(21)22/h3-9H,1-2H3,(H,16,23)(H,17,18,19)/b6-5+. The number of thiocarbonyl (C=S) groups is 1. The van der Waals surface area contributed by atoms with Gasteiger partial charge in [0.15, 0.2) is 0 Å². The first-order chi connectivity index (χ1) is 10.9. The van der Waals surface area contributed by atoms with Crippen molar-refractivity contribution in [2.24, 2.45) is 0 Å². The van der Waals surface area contributed by atoms with E-state index in [1.165, 1.54) is 0 Å². The van der Waals surface area contributed by atoms with Gasteiger partial charge in [-0.25, -0.2) is 9.97 Å². The first-order valence-corrected chi connectivity index (χ1v) is 7.14. The number of aromatic nitrogens is 2. The Morgan fingerprint density at radius 3 is 2.65 bits per heavy atom. The zero-order chi connectivity index (χ0) is 16.8. The highest BCUT2D eigenvalue weighted by molar-refractivity contribution is 7.80. The summed E-state index contributed by atoms with van der Waals surface area (Å²) in [7, 11) is 0. The lowest BCUT2D eigenvalue weighted by molar-refractivity contribution is -0.402. The molecular formula is C15H15N5O2S. The minimum Gasteiger partial charge on any atom is -0.346 e. The highest BCUT2D eigenvalue weighted by Gasteiger charge is 2.05. The fourth-order valence-electron chi connectivity index (χ4n) is 1.97. The quantitative estimate of drug-likeness (QED) is 0.495. The molecule has 0 aliphatic carbocycles. The minimum absolute atomic E-state index is 0.272. The van der Waals surface area contributed by atoms with E-state index in [1.807, 2.05) is 26.0 Å². The topological polar surface area (TPSA) is 93.0 Å². The lowest BCUT2D eigenvalue weighted by Gasteiger charge is -2.08. The summed E-state index contributed by atoms with van der Waals surface area (Å²) in [5, 5.41) is 16.0. The van der Waals surface area contributed by atoms with Gasteiger partial charge in [-0.15, -0.1) is 0 Å². The second-order valence-corrected chi connectivity index (χ2v) is 5.25. The van der Waals surface area contributed by atoms with E-state index < -0.39 is 4.92 Å². The predicted molar refractivity (Wildman–Crippen MR) is 92.2 cm³/mol. The van der Waals surface area contributed by atoms with E-state index in [1.54, 1.807) is 12.3 Å². The summed E-state index contributed by atoms with van der Waals surface area (Å²) < 4.78 is 0.